The monoisotopic (exact) mass is 554 g/mol. The fraction of sp³-hybridized carbons (Fsp3) is 0.182. The number of amides is 4. The maximum atomic E-state index is 12.5. The number of aryl methyl sites for hydroxylation is 2. The number of carbonyl (C=O) groups is 4. The summed E-state index contributed by atoms with van der Waals surface area (Å²) >= 11 is 2.37. The summed E-state index contributed by atoms with van der Waals surface area (Å²) in [4.78, 5) is 49.0. The molecule has 0 saturated heterocycles. The minimum atomic E-state index is -0.493. The number of benzene rings is 2. The molecule has 2 heterocycles. The van der Waals surface area contributed by atoms with Crippen molar-refractivity contribution < 1.29 is 19.2 Å². The summed E-state index contributed by atoms with van der Waals surface area (Å²) in [6, 6.07) is 9.79. The summed E-state index contributed by atoms with van der Waals surface area (Å²) in [7, 11) is 3.53. The molecule has 0 bridgehead atoms. The van der Waals surface area contributed by atoms with Crippen LogP contribution >= 0.6 is 23.5 Å². The molecule has 0 aliphatic rings. The predicted molar refractivity (Wildman–Crippen MR) is 139 cm³/mol. The van der Waals surface area contributed by atoms with Crippen molar-refractivity contribution in [1.82, 2.24) is 51.2 Å². The van der Waals surface area contributed by atoms with E-state index in [2.05, 4.69) is 42.1 Å². The quantitative estimate of drug-likeness (QED) is 0.174. The van der Waals surface area contributed by atoms with Crippen LogP contribution in [0.1, 0.15) is 20.7 Å². The number of hydrazine groups is 2. The molecular weight excluding hydrogens is 532 g/mol. The fourth-order valence-corrected chi connectivity index (χ4v) is 4.44. The molecule has 16 heteroatoms. The number of nitrogens with one attached hydrogen (secondary N) is 4. The summed E-state index contributed by atoms with van der Waals surface area (Å²) in [5, 5.41) is 17.8. The van der Waals surface area contributed by atoms with Gasteiger partial charge in [0, 0.05) is 25.2 Å². The van der Waals surface area contributed by atoms with Gasteiger partial charge in [-0.25, -0.2) is 0 Å². The normalized spacial score (nSPS) is 10.7. The molecule has 0 spiro atoms. The number of hydrogen-bond donors (Lipinski definition) is 4. The topological polar surface area (TPSA) is 178 Å². The number of thioether (sulfide) groups is 2. The molecule has 2 aromatic heterocycles. The molecule has 0 atom stereocenters. The van der Waals surface area contributed by atoms with E-state index in [4.69, 9.17) is 0 Å². The molecule has 38 heavy (non-hydrogen) atoms. The second-order valence-corrected chi connectivity index (χ2v) is 9.69. The Balaban J connectivity index is 1.26. The highest BCUT2D eigenvalue weighted by atomic mass is 32.2. The van der Waals surface area contributed by atoms with Gasteiger partial charge in [-0.2, -0.15) is 0 Å². The number of fused-ring (bicyclic) bond motifs is 1. The molecule has 4 aromatic rings. The van der Waals surface area contributed by atoms with E-state index in [1.165, 1.54) is 36.2 Å². The van der Waals surface area contributed by atoms with Gasteiger partial charge in [0.15, 0.2) is 10.3 Å². The molecule has 0 fully saturated rings. The summed E-state index contributed by atoms with van der Waals surface area (Å²) in [6.45, 7) is 0. The van der Waals surface area contributed by atoms with Gasteiger partial charge in [0.05, 0.1) is 11.5 Å². The predicted octanol–water partition coefficient (Wildman–Crippen LogP) is 0.203. The molecule has 196 valence electrons. The van der Waals surface area contributed by atoms with Crippen LogP contribution in [0.5, 0.6) is 0 Å². The Morgan fingerprint density at radius 1 is 0.684 bits per heavy atom. The molecule has 0 radical (unpaired) electrons. The number of hydrogen-bond acceptors (Lipinski definition) is 10. The van der Waals surface area contributed by atoms with Crippen LogP contribution < -0.4 is 21.7 Å². The Labute approximate surface area is 224 Å². The summed E-state index contributed by atoms with van der Waals surface area (Å²) < 4.78 is 3.36. The van der Waals surface area contributed by atoms with Crippen LogP contribution in [0, 0.1) is 0 Å². The van der Waals surface area contributed by atoms with Gasteiger partial charge in [0.25, 0.3) is 11.8 Å². The minimum absolute atomic E-state index is 0.0518. The van der Waals surface area contributed by atoms with Gasteiger partial charge >= 0.3 is 0 Å². The van der Waals surface area contributed by atoms with Crippen LogP contribution in [0.2, 0.25) is 0 Å². The van der Waals surface area contributed by atoms with Gasteiger partial charge in [-0.15, -0.1) is 20.4 Å². The summed E-state index contributed by atoms with van der Waals surface area (Å²) in [6.07, 6.45) is 3.05. The lowest BCUT2D eigenvalue weighted by atomic mass is 10.0. The Bertz CT molecular complexity index is 1390. The molecule has 4 amide bonds. The van der Waals surface area contributed by atoms with E-state index in [1.54, 1.807) is 59.6 Å². The van der Waals surface area contributed by atoms with Crippen molar-refractivity contribution in [2.45, 2.75) is 10.3 Å². The third kappa shape index (κ3) is 6.86. The zero-order chi connectivity index (χ0) is 27.1. The van der Waals surface area contributed by atoms with Gasteiger partial charge < -0.3 is 9.13 Å². The Morgan fingerprint density at radius 3 is 1.47 bits per heavy atom. The number of carbonyl (C=O) groups excluding carboxylic acids is 4. The second kappa shape index (κ2) is 12.2. The first kappa shape index (κ1) is 26.6. The average molecular weight is 555 g/mol. The smallest absolute Gasteiger partial charge is 0.269 e. The van der Waals surface area contributed by atoms with E-state index in [9.17, 15) is 19.2 Å². The van der Waals surface area contributed by atoms with Crippen LogP contribution in [-0.4, -0.2) is 64.7 Å². The zero-order valence-corrected chi connectivity index (χ0v) is 21.8. The first-order valence-electron chi connectivity index (χ1n) is 11.0. The molecule has 0 saturated carbocycles. The van der Waals surface area contributed by atoms with Crippen molar-refractivity contribution in [3.05, 3.63) is 60.2 Å². The molecule has 0 aliphatic carbocycles. The molecule has 4 N–H and O–H groups in total. The van der Waals surface area contributed by atoms with Crippen molar-refractivity contribution in [2.24, 2.45) is 14.1 Å². The van der Waals surface area contributed by atoms with E-state index >= 15 is 0 Å². The van der Waals surface area contributed by atoms with Crippen LogP contribution in [0.25, 0.3) is 10.8 Å². The van der Waals surface area contributed by atoms with Gasteiger partial charge in [0.1, 0.15) is 12.7 Å². The van der Waals surface area contributed by atoms with E-state index in [-0.39, 0.29) is 11.5 Å². The molecule has 0 aliphatic heterocycles. The maximum absolute atomic E-state index is 12.5. The van der Waals surface area contributed by atoms with E-state index < -0.39 is 23.6 Å². The third-order valence-corrected chi connectivity index (χ3v) is 7.07. The minimum Gasteiger partial charge on any atom is -0.312 e. The average Bonchev–Trinajstić information content (AvgIpc) is 3.53. The van der Waals surface area contributed by atoms with Gasteiger partial charge in [-0.1, -0.05) is 35.7 Å². The number of aromatic nitrogens is 6. The van der Waals surface area contributed by atoms with Crippen molar-refractivity contribution in [3.63, 3.8) is 0 Å². The summed E-state index contributed by atoms with van der Waals surface area (Å²) in [5.74, 6) is -1.68. The third-order valence-electron chi connectivity index (χ3n) is 5.00. The summed E-state index contributed by atoms with van der Waals surface area (Å²) in [5.41, 5.74) is 10.1. The Morgan fingerprint density at radius 2 is 1.11 bits per heavy atom. The van der Waals surface area contributed by atoms with Crippen LogP contribution in [0.3, 0.4) is 0 Å². The fourth-order valence-electron chi connectivity index (χ4n) is 3.06. The number of nitrogens with zero attached hydrogens (tertiary/aromatic N) is 6. The highest BCUT2D eigenvalue weighted by Gasteiger charge is 2.13. The highest BCUT2D eigenvalue weighted by Crippen LogP contribution is 2.18. The van der Waals surface area contributed by atoms with Crippen LogP contribution in [0.4, 0.5) is 0 Å². The molecule has 14 nitrogen and oxygen atoms in total. The van der Waals surface area contributed by atoms with Crippen molar-refractivity contribution in [1.29, 1.82) is 0 Å². The first-order valence-corrected chi connectivity index (χ1v) is 12.9. The molecule has 0 unspecified atom stereocenters. The Hall–Kier alpha value is -4.44. The van der Waals surface area contributed by atoms with E-state index in [0.717, 1.165) is 0 Å². The van der Waals surface area contributed by atoms with Gasteiger partial charge in [-0.05, 0) is 35.0 Å². The van der Waals surface area contributed by atoms with Crippen molar-refractivity contribution in [3.8, 4) is 0 Å². The maximum Gasteiger partial charge on any atom is 0.269 e. The van der Waals surface area contributed by atoms with E-state index in [0.29, 0.717) is 32.2 Å². The standard InChI is InChI=1S/C22H22N10O4S2/c1-31-11-23-29-21(31)37-9-17(33)25-27-19(35)15-5-3-14-8-16(6-4-13(14)7-15)20(36)28-26-18(34)10-38-22-30-24-12-32(22)2/h3-8,11-12H,9-10H2,1-2H3,(H,25,33)(H,26,34)(H,27,35)(H,28,36). The zero-order valence-electron chi connectivity index (χ0n) is 20.2. The van der Waals surface area contributed by atoms with Crippen LogP contribution in [0.15, 0.2) is 59.4 Å². The van der Waals surface area contributed by atoms with Crippen molar-refractivity contribution >= 4 is 57.9 Å². The molecular formula is C22H22N10O4S2. The number of rotatable bonds is 8. The SMILES string of the molecule is Cn1cnnc1SCC(=O)NNC(=O)c1ccc2cc(C(=O)NNC(=O)CSc3nncn3C)ccc2c1. The van der Waals surface area contributed by atoms with Gasteiger partial charge in [0.2, 0.25) is 11.8 Å². The Kier molecular flexibility index (Phi) is 8.55. The molecule has 4 rings (SSSR count). The van der Waals surface area contributed by atoms with E-state index in [1.807, 2.05) is 0 Å². The lowest BCUT2D eigenvalue weighted by molar-refractivity contribution is -0.120. The molecule has 2 aromatic carbocycles. The van der Waals surface area contributed by atoms with Crippen LogP contribution in [-0.2, 0) is 23.7 Å². The lowest BCUT2D eigenvalue weighted by Gasteiger charge is -2.09. The first-order chi connectivity index (χ1) is 18.3. The van der Waals surface area contributed by atoms with Gasteiger partial charge in [-0.3, -0.25) is 40.9 Å². The lowest BCUT2D eigenvalue weighted by Crippen LogP contribution is -2.42. The van der Waals surface area contributed by atoms with Crippen molar-refractivity contribution in [2.75, 3.05) is 11.5 Å². The highest BCUT2D eigenvalue weighted by molar-refractivity contribution is 8.00. The largest absolute Gasteiger partial charge is 0.312 e. The second-order valence-electron chi connectivity index (χ2n) is 7.81.